The van der Waals surface area contributed by atoms with Crippen LogP contribution in [-0.4, -0.2) is 25.2 Å². The number of carbonyl (C=O) groups is 1. The van der Waals surface area contributed by atoms with Gasteiger partial charge >= 0.3 is 0 Å². The Morgan fingerprint density at radius 1 is 1.15 bits per heavy atom. The van der Waals surface area contributed by atoms with Crippen LogP contribution in [-0.2, 0) is 9.53 Å². The van der Waals surface area contributed by atoms with Gasteiger partial charge in [0, 0.05) is 25.2 Å². The molecule has 0 aromatic heterocycles. The average Bonchev–Trinajstić information content (AvgIpc) is 2.99. The molecule has 0 aromatic carbocycles. The summed E-state index contributed by atoms with van der Waals surface area (Å²) in [6.07, 6.45) is 4.10. The Balaban J connectivity index is 1.62. The molecule has 1 saturated carbocycles. The van der Waals surface area contributed by atoms with Gasteiger partial charge in [0.1, 0.15) is 0 Å². The SMILES string of the molecule is O=C(NNC1CCOCC1)C1CC1. The number of carbonyl (C=O) groups excluding carboxylic acids is 1. The van der Waals surface area contributed by atoms with Gasteiger partial charge in [-0.25, -0.2) is 5.43 Å². The first kappa shape index (κ1) is 8.97. The van der Waals surface area contributed by atoms with E-state index in [0.29, 0.717) is 6.04 Å². The number of nitrogens with one attached hydrogen (secondary N) is 2. The normalized spacial score (nSPS) is 24.3. The highest BCUT2D eigenvalue weighted by Crippen LogP contribution is 2.28. The van der Waals surface area contributed by atoms with Crippen LogP contribution in [0.25, 0.3) is 0 Å². The summed E-state index contributed by atoms with van der Waals surface area (Å²) in [5, 5.41) is 0. The van der Waals surface area contributed by atoms with E-state index in [2.05, 4.69) is 10.9 Å². The monoisotopic (exact) mass is 184 g/mol. The van der Waals surface area contributed by atoms with E-state index in [1.807, 2.05) is 0 Å². The van der Waals surface area contributed by atoms with Gasteiger partial charge in [0.2, 0.25) is 5.91 Å². The molecule has 4 heteroatoms. The fourth-order valence-electron chi connectivity index (χ4n) is 1.46. The largest absolute Gasteiger partial charge is 0.381 e. The van der Waals surface area contributed by atoms with Crippen LogP contribution in [0.1, 0.15) is 25.7 Å². The smallest absolute Gasteiger partial charge is 0.237 e. The minimum atomic E-state index is 0.159. The van der Waals surface area contributed by atoms with Crippen molar-refractivity contribution in [3.05, 3.63) is 0 Å². The Hall–Kier alpha value is -0.610. The van der Waals surface area contributed by atoms with Crippen LogP contribution in [0.3, 0.4) is 0 Å². The van der Waals surface area contributed by atoms with E-state index < -0.39 is 0 Å². The first-order chi connectivity index (χ1) is 6.36. The molecule has 0 radical (unpaired) electrons. The van der Waals surface area contributed by atoms with Crippen molar-refractivity contribution >= 4 is 5.91 Å². The molecule has 74 valence electrons. The number of amides is 1. The molecule has 2 aliphatic rings. The molecule has 0 unspecified atom stereocenters. The highest BCUT2D eigenvalue weighted by atomic mass is 16.5. The van der Waals surface area contributed by atoms with Crippen molar-refractivity contribution in [3.63, 3.8) is 0 Å². The Morgan fingerprint density at radius 2 is 1.85 bits per heavy atom. The van der Waals surface area contributed by atoms with Crippen molar-refractivity contribution in [2.45, 2.75) is 31.7 Å². The summed E-state index contributed by atoms with van der Waals surface area (Å²) in [5.74, 6) is 0.443. The fraction of sp³-hybridized carbons (Fsp3) is 0.889. The average molecular weight is 184 g/mol. The molecule has 1 aliphatic carbocycles. The van der Waals surface area contributed by atoms with Crippen LogP contribution in [0.2, 0.25) is 0 Å². The van der Waals surface area contributed by atoms with Crippen LogP contribution < -0.4 is 10.9 Å². The van der Waals surface area contributed by atoms with Gasteiger partial charge in [-0.1, -0.05) is 0 Å². The number of hydrogen-bond acceptors (Lipinski definition) is 3. The summed E-state index contributed by atoms with van der Waals surface area (Å²) >= 11 is 0. The molecule has 1 amide bonds. The highest BCUT2D eigenvalue weighted by molar-refractivity contribution is 5.80. The predicted octanol–water partition coefficient (Wildman–Crippen LogP) is 0.196. The van der Waals surface area contributed by atoms with Gasteiger partial charge in [-0.15, -0.1) is 0 Å². The third-order valence-electron chi connectivity index (χ3n) is 2.57. The third-order valence-corrected chi connectivity index (χ3v) is 2.57. The van der Waals surface area contributed by atoms with Crippen molar-refractivity contribution in [1.29, 1.82) is 0 Å². The van der Waals surface area contributed by atoms with E-state index >= 15 is 0 Å². The third kappa shape index (κ3) is 2.67. The maximum atomic E-state index is 11.2. The lowest BCUT2D eigenvalue weighted by atomic mass is 10.1. The molecule has 2 fully saturated rings. The number of rotatable bonds is 3. The second kappa shape index (κ2) is 4.07. The molecule has 0 spiro atoms. The second-order valence-corrected chi connectivity index (χ2v) is 3.79. The van der Waals surface area contributed by atoms with E-state index in [9.17, 15) is 4.79 Å². The van der Waals surface area contributed by atoms with Crippen molar-refractivity contribution in [2.24, 2.45) is 5.92 Å². The lowest BCUT2D eigenvalue weighted by Gasteiger charge is -2.23. The summed E-state index contributed by atoms with van der Waals surface area (Å²) in [6.45, 7) is 1.61. The van der Waals surface area contributed by atoms with Crippen LogP contribution in [0.4, 0.5) is 0 Å². The molecular formula is C9H16N2O2. The minimum Gasteiger partial charge on any atom is -0.381 e. The number of ether oxygens (including phenoxy) is 1. The summed E-state index contributed by atoms with van der Waals surface area (Å²) in [7, 11) is 0. The number of hydrogen-bond donors (Lipinski definition) is 2. The lowest BCUT2D eigenvalue weighted by molar-refractivity contribution is -0.123. The van der Waals surface area contributed by atoms with Crippen molar-refractivity contribution in [1.82, 2.24) is 10.9 Å². The summed E-state index contributed by atoms with van der Waals surface area (Å²) < 4.78 is 5.21. The van der Waals surface area contributed by atoms with E-state index in [1.165, 1.54) is 0 Å². The molecule has 2 rings (SSSR count). The van der Waals surface area contributed by atoms with E-state index in [4.69, 9.17) is 4.74 Å². The Morgan fingerprint density at radius 3 is 2.46 bits per heavy atom. The minimum absolute atomic E-state index is 0.159. The molecule has 13 heavy (non-hydrogen) atoms. The quantitative estimate of drug-likeness (QED) is 0.616. The molecule has 4 nitrogen and oxygen atoms in total. The first-order valence-electron chi connectivity index (χ1n) is 4.99. The van der Waals surface area contributed by atoms with Gasteiger partial charge in [-0.3, -0.25) is 10.2 Å². The van der Waals surface area contributed by atoms with Crippen LogP contribution >= 0.6 is 0 Å². The summed E-state index contributed by atoms with van der Waals surface area (Å²) in [4.78, 5) is 11.2. The Bertz CT molecular complexity index is 186. The molecule has 0 atom stereocenters. The molecule has 1 aliphatic heterocycles. The van der Waals surface area contributed by atoms with Crippen LogP contribution in [0.15, 0.2) is 0 Å². The molecule has 2 N–H and O–H groups in total. The molecular weight excluding hydrogens is 168 g/mol. The van der Waals surface area contributed by atoms with Crippen LogP contribution in [0.5, 0.6) is 0 Å². The zero-order valence-electron chi connectivity index (χ0n) is 7.71. The van der Waals surface area contributed by atoms with E-state index in [0.717, 1.165) is 38.9 Å². The topological polar surface area (TPSA) is 50.4 Å². The summed E-state index contributed by atoms with van der Waals surface area (Å²) in [6, 6.07) is 0.399. The Kier molecular flexibility index (Phi) is 2.80. The van der Waals surface area contributed by atoms with Crippen molar-refractivity contribution in [3.8, 4) is 0 Å². The fourth-order valence-corrected chi connectivity index (χ4v) is 1.46. The van der Waals surface area contributed by atoms with E-state index in [1.54, 1.807) is 0 Å². The zero-order valence-corrected chi connectivity index (χ0v) is 7.71. The van der Waals surface area contributed by atoms with Gasteiger partial charge < -0.3 is 4.74 Å². The molecule has 0 aromatic rings. The van der Waals surface area contributed by atoms with Gasteiger partial charge in [-0.2, -0.15) is 0 Å². The second-order valence-electron chi connectivity index (χ2n) is 3.79. The van der Waals surface area contributed by atoms with Gasteiger partial charge in [-0.05, 0) is 25.7 Å². The molecule has 1 saturated heterocycles. The van der Waals surface area contributed by atoms with E-state index in [-0.39, 0.29) is 11.8 Å². The van der Waals surface area contributed by atoms with Gasteiger partial charge in [0.05, 0.1) is 0 Å². The van der Waals surface area contributed by atoms with Crippen molar-refractivity contribution < 1.29 is 9.53 Å². The maximum Gasteiger partial charge on any atom is 0.237 e. The molecule has 0 bridgehead atoms. The molecule has 1 heterocycles. The maximum absolute atomic E-state index is 11.2. The number of hydrazine groups is 1. The van der Waals surface area contributed by atoms with Crippen LogP contribution in [0, 0.1) is 5.92 Å². The van der Waals surface area contributed by atoms with Gasteiger partial charge in [0.25, 0.3) is 0 Å². The first-order valence-corrected chi connectivity index (χ1v) is 4.99. The highest BCUT2D eigenvalue weighted by Gasteiger charge is 2.29. The zero-order chi connectivity index (χ0) is 9.10. The summed E-state index contributed by atoms with van der Waals surface area (Å²) in [5.41, 5.74) is 5.83. The van der Waals surface area contributed by atoms with Crippen molar-refractivity contribution in [2.75, 3.05) is 13.2 Å². The van der Waals surface area contributed by atoms with Gasteiger partial charge in [0.15, 0.2) is 0 Å². The Labute approximate surface area is 78.0 Å². The predicted molar refractivity (Wildman–Crippen MR) is 47.8 cm³/mol. The lowest BCUT2D eigenvalue weighted by Crippen LogP contribution is -2.47. The standard InChI is InChI=1S/C9H16N2O2/c12-9(7-1-2-7)11-10-8-3-5-13-6-4-8/h7-8,10H,1-6H2,(H,11,12).